The molecule has 5 rings (SSSR count). The molecule has 7 heteroatoms. The zero-order valence-corrected chi connectivity index (χ0v) is 19.1. The fourth-order valence-corrected chi connectivity index (χ4v) is 5.51. The highest BCUT2D eigenvalue weighted by molar-refractivity contribution is 5.99. The minimum Gasteiger partial charge on any atom is -0.479 e. The number of aromatic amines is 1. The van der Waals surface area contributed by atoms with Crippen LogP contribution in [-0.4, -0.2) is 38.6 Å². The second kappa shape index (κ2) is 7.99. The van der Waals surface area contributed by atoms with Crippen molar-refractivity contribution in [2.24, 2.45) is 0 Å². The standard InChI is InChI=1S/C26H28FN3O3/c1-15(2)24-23(16-8-10-26(33-3,11-9-16)25(31)32)20-13-21-17(14-28-29-21)12-22(20)30(24)19-6-4-18(27)5-7-19/h4-7,12-16H,8-11H2,1-3H3,(H,28,29)(H,31,32). The molecule has 4 aromatic rings. The first-order valence-electron chi connectivity index (χ1n) is 11.4. The van der Waals surface area contributed by atoms with Gasteiger partial charge in [-0.1, -0.05) is 13.8 Å². The summed E-state index contributed by atoms with van der Waals surface area (Å²) < 4.78 is 21.4. The normalized spacial score (nSPS) is 21.3. The number of halogens is 1. The molecule has 0 radical (unpaired) electrons. The van der Waals surface area contributed by atoms with Crippen LogP contribution in [0.3, 0.4) is 0 Å². The lowest BCUT2D eigenvalue weighted by Crippen LogP contribution is -2.43. The Hall–Kier alpha value is -3.19. The Morgan fingerprint density at radius 1 is 1.24 bits per heavy atom. The van der Waals surface area contributed by atoms with Gasteiger partial charge in [0.15, 0.2) is 5.60 Å². The molecule has 1 saturated carbocycles. The Labute approximate surface area is 191 Å². The highest BCUT2D eigenvalue weighted by Gasteiger charge is 2.43. The summed E-state index contributed by atoms with van der Waals surface area (Å²) in [6, 6.07) is 10.9. The van der Waals surface area contributed by atoms with Gasteiger partial charge in [-0.2, -0.15) is 5.10 Å². The number of ether oxygens (including phenoxy) is 1. The van der Waals surface area contributed by atoms with Crippen LogP contribution in [0.1, 0.15) is 62.6 Å². The summed E-state index contributed by atoms with van der Waals surface area (Å²) in [5.74, 6) is -0.742. The Kier molecular flexibility index (Phi) is 5.24. The van der Waals surface area contributed by atoms with Crippen molar-refractivity contribution in [3.63, 3.8) is 0 Å². The van der Waals surface area contributed by atoms with Crippen molar-refractivity contribution >= 4 is 27.8 Å². The Bertz CT molecular complexity index is 1330. The second-order valence-corrected chi connectivity index (χ2v) is 9.37. The molecule has 172 valence electrons. The lowest BCUT2D eigenvalue weighted by Gasteiger charge is -2.36. The molecule has 0 unspecified atom stereocenters. The molecule has 0 bridgehead atoms. The number of nitrogens with one attached hydrogen (secondary N) is 1. The molecule has 1 aliphatic rings. The Morgan fingerprint density at radius 2 is 1.94 bits per heavy atom. The first-order valence-corrected chi connectivity index (χ1v) is 11.4. The maximum Gasteiger partial charge on any atom is 0.335 e. The van der Waals surface area contributed by atoms with E-state index in [2.05, 4.69) is 40.7 Å². The lowest BCUT2D eigenvalue weighted by molar-refractivity contribution is -0.166. The molecule has 0 aliphatic heterocycles. The molecule has 2 heterocycles. The first kappa shape index (κ1) is 21.6. The maximum absolute atomic E-state index is 13.7. The van der Waals surface area contributed by atoms with E-state index in [4.69, 9.17) is 4.74 Å². The van der Waals surface area contributed by atoms with Gasteiger partial charge in [0.1, 0.15) is 5.82 Å². The molecule has 0 amide bonds. The number of carboxylic acid groups (broad SMARTS) is 1. The van der Waals surface area contributed by atoms with Crippen LogP contribution in [0.5, 0.6) is 0 Å². The average molecular weight is 450 g/mol. The molecule has 0 saturated heterocycles. The van der Waals surface area contributed by atoms with Gasteiger partial charge in [-0.3, -0.25) is 5.10 Å². The number of aromatic nitrogens is 3. The van der Waals surface area contributed by atoms with Crippen LogP contribution < -0.4 is 0 Å². The molecule has 33 heavy (non-hydrogen) atoms. The lowest BCUT2D eigenvalue weighted by atomic mass is 9.74. The van der Waals surface area contributed by atoms with E-state index < -0.39 is 11.6 Å². The summed E-state index contributed by atoms with van der Waals surface area (Å²) in [4.78, 5) is 11.9. The van der Waals surface area contributed by atoms with E-state index in [1.54, 1.807) is 0 Å². The number of methoxy groups -OCH3 is 1. The molecule has 1 fully saturated rings. The molecule has 0 atom stereocenters. The van der Waals surface area contributed by atoms with Crippen LogP contribution in [0.4, 0.5) is 4.39 Å². The third-order valence-electron chi connectivity index (χ3n) is 7.22. The smallest absolute Gasteiger partial charge is 0.335 e. The molecule has 2 aromatic carbocycles. The monoisotopic (exact) mass is 449 g/mol. The minimum atomic E-state index is -1.11. The van der Waals surface area contributed by atoms with Crippen molar-refractivity contribution in [3.05, 3.63) is 59.7 Å². The fraction of sp³-hybridized carbons (Fsp3) is 0.385. The number of carboxylic acids is 1. The second-order valence-electron chi connectivity index (χ2n) is 9.37. The van der Waals surface area contributed by atoms with E-state index in [0.717, 1.165) is 40.3 Å². The van der Waals surface area contributed by atoms with Gasteiger partial charge in [0, 0.05) is 29.3 Å². The molecule has 0 spiro atoms. The van der Waals surface area contributed by atoms with Gasteiger partial charge < -0.3 is 14.4 Å². The molecular weight excluding hydrogens is 421 g/mol. The molecule has 2 aromatic heterocycles. The van der Waals surface area contributed by atoms with Gasteiger partial charge in [0.05, 0.1) is 17.2 Å². The third kappa shape index (κ3) is 3.42. The summed E-state index contributed by atoms with van der Waals surface area (Å²) in [6.45, 7) is 4.34. The Balaban J connectivity index is 1.73. The first-order chi connectivity index (χ1) is 15.8. The van der Waals surface area contributed by atoms with E-state index in [0.29, 0.717) is 12.8 Å². The van der Waals surface area contributed by atoms with Gasteiger partial charge in [0.2, 0.25) is 0 Å². The number of aliphatic carboxylic acids is 1. The van der Waals surface area contributed by atoms with Crippen molar-refractivity contribution in [1.82, 2.24) is 14.8 Å². The number of fused-ring (bicyclic) bond motifs is 2. The van der Waals surface area contributed by atoms with Crippen LogP contribution in [0.2, 0.25) is 0 Å². The van der Waals surface area contributed by atoms with Crippen LogP contribution in [0, 0.1) is 5.82 Å². The van der Waals surface area contributed by atoms with Gasteiger partial charge in [-0.05, 0) is 79.5 Å². The van der Waals surface area contributed by atoms with E-state index in [1.807, 2.05) is 18.3 Å². The van der Waals surface area contributed by atoms with Gasteiger partial charge in [0.25, 0.3) is 0 Å². The van der Waals surface area contributed by atoms with Gasteiger partial charge >= 0.3 is 5.97 Å². The minimum absolute atomic E-state index is 0.203. The van der Waals surface area contributed by atoms with Crippen LogP contribution in [-0.2, 0) is 9.53 Å². The summed E-state index contributed by atoms with van der Waals surface area (Å²) in [6.07, 6.45) is 4.20. The van der Waals surface area contributed by atoms with E-state index in [1.165, 1.54) is 30.5 Å². The third-order valence-corrected chi connectivity index (χ3v) is 7.22. The summed E-state index contributed by atoms with van der Waals surface area (Å²) in [7, 11) is 1.49. The van der Waals surface area contributed by atoms with Crippen molar-refractivity contribution in [2.75, 3.05) is 7.11 Å². The Morgan fingerprint density at radius 3 is 2.55 bits per heavy atom. The summed E-state index contributed by atoms with van der Waals surface area (Å²) >= 11 is 0. The molecule has 6 nitrogen and oxygen atoms in total. The van der Waals surface area contributed by atoms with Crippen molar-refractivity contribution < 1.29 is 19.0 Å². The fourth-order valence-electron chi connectivity index (χ4n) is 5.51. The molecule has 1 aliphatic carbocycles. The van der Waals surface area contributed by atoms with Crippen LogP contribution >= 0.6 is 0 Å². The number of carbonyl (C=O) groups is 1. The maximum atomic E-state index is 13.7. The zero-order chi connectivity index (χ0) is 23.3. The summed E-state index contributed by atoms with van der Waals surface area (Å²) in [5, 5.41) is 19.2. The number of H-pyrrole nitrogens is 1. The van der Waals surface area contributed by atoms with E-state index in [9.17, 15) is 14.3 Å². The largest absolute Gasteiger partial charge is 0.479 e. The highest BCUT2D eigenvalue weighted by atomic mass is 19.1. The van der Waals surface area contributed by atoms with E-state index in [-0.39, 0.29) is 17.7 Å². The van der Waals surface area contributed by atoms with Crippen molar-refractivity contribution in [2.45, 2.75) is 57.0 Å². The number of hydrogen-bond donors (Lipinski definition) is 2. The van der Waals surface area contributed by atoms with Crippen LogP contribution in [0.25, 0.3) is 27.5 Å². The van der Waals surface area contributed by atoms with Crippen molar-refractivity contribution in [3.8, 4) is 5.69 Å². The van der Waals surface area contributed by atoms with Gasteiger partial charge in [-0.15, -0.1) is 0 Å². The zero-order valence-electron chi connectivity index (χ0n) is 19.1. The summed E-state index contributed by atoms with van der Waals surface area (Å²) in [5.41, 5.74) is 4.24. The molecule has 2 N–H and O–H groups in total. The molecular formula is C26H28FN3O3. The SMILES string of the molecule is COC1(C(=O)O)CCC(c2c(C(C)C)n(-c3ccc(F)cc3)c3cc4cn[nH]c4cc23)CC1. The van der Waals surface area contributed by atoms with Crippen LogP contribution in [0.15, 0.2) is 42.6 Å². The predicted molar refractivity (Wildman–Crippen MR) is 126 cm³/mol. The predicted octanol–water partition coefficient (Wildman–Crippen LogP) is 5.90. The quantitative estimate of drug-likeness (QED) is 0.398. The number of rotatable bonds is 5. The van der Waals surface area contributed by atoms with Crippen molar-refractivity contribution in [1.29, 1.82) is 0 Å². The topological polar surface area (TPSA) is 80.1 Å². The average Bonchev–Trinajstić information content (AvgIpc) is 3.40. The number of hydrogen-bond acceptors (Lipinski definition) is 3. The van der Waals surface area contributed by atoms with Gasteiger partial charge in [-0.25, -0.2) is 9.18 Å². The number of nitrogens with zero attached hydrogens (tertiary/aromatic N) is 2. The number of benzene rings is 2. The highest BCUT2D eigenvalue weighted by Crippen LogP contribution is 2.47. The van der Waals surface area contributed by atoms with E-state index >= 15 is 0 Å².